The molecule has 14 heavy (non-hydrogen) atoms. The normalized spacial score (nSPS) is 16.5. The van der Waals surface area contributed by atoms with Gasteiger partial charge in [0.15, 0.2) is 0 Å². The summed E-state index contributed by atoms with van der Waals surface area (Å²) in [6, 6.07) is -1.40. The number of halogens is 3. The Morgan fingerprint density at radius 2 is 1.36 bits per heavy atom. The topological polar surface area (TPSA) is 3.24 Å². The fourth-order valence-corrected chi connectivity index (χ4v) is 1.13. The van der Waals surface area contributed by atoms with E-state index in [1.54, 1.807) is 0 Å². The molecular weight excluding hydrogens is 191 g/mol. The Kier molecular flexibility index (Phi) is 4.02. The van der Waals surface area contributed by atoms with Gasteiger partial charge in [-0.2, -0.15) is 13.2 Å². The monoisotopic (exact) mass is 211 g/mol. The molecule has 1 atom stereocenters. The lowest BCUT2D eigenvalue weighted by molar-refractivity contribution is -0.190. The first kappa shape index (κ1) is 13.8. The van der Waals surface area contributed by atoms with E-state index in [2.05, 4.69) is 0 Å². The van der Waals surface area contributed by atoms with Gasteiger partial charge in [-0.3, -0.25) is 4.90 Å². The molecule has 0 unspecified atom stereocenters. The van der Waals surface area contributed by atoms with Crippen LogP contribution in [0.25, 0.3) is 0 Å². The Labute approximate surface area is 84.3 Å². The third-order valence-electron chi connectivity index (χ3n) is 3.38. The van der Waals surface area contributed by atoms with Crippen LogP contribution in [0.3, 0.4) is 0 Å². The molecule has 0 aliphatic rings. The van der Waals surface area contributed by atoms with E-state index in [4.69, 9.17) is 0 Å². The lowest BCUT2D eigenvalue weighted by atomic mass is 9.88. The fourth-order valence-electron chi connectivity index (χ4n) is 1.13. The maximum atomic E-state index is 12.5. The van der Waals surface area contributed by atoms with Crippen molar-refractivity contribution in [3.05, 3.63) is 0 Å². The van der Waals surface area contributed by atoms with Gasteiger partial charge in [0.05, 0.1) is 0 Å². The zero-order chi connectivity index (χ0) is 11.7. The minimum atomic E-state index is -4.15. The lowest BCUT2D eigenvalue weighted by Crippen LogP contribution is -2.54. The molecule has 4 heteroatoms. The Balaban J connectivity index is 4.70. The van der Waals surface area contributed by atoms with Gasteiger partial charge in [-0.25, -0.2) is 0 Å². The summed E-state index contributed by atoms with van der Waals surface area (Å²) in [4.78, 5) is 1.39. The molecule has 0 bridgehead atoms. The lowest BCUT2D eigenvalue weighted by Gasteiger charge is -2.43. The van der Waals surface area contributed by atoms with Crippen LogP contribution in [-0.2, 0) is 0 Å². The van der Waals surface area contributed by atoms with E-state index in [1.807, 2.05) is 27.7 Å². The van der Waals surface area contributed by atoms with Gasteiger partial charge >= 0.3 is 6.18 Å². The van der Waals surface area contributed by atoms with E-state index in [0.29, 0.717) is 0 Å². The second kappa shape index (κ2) is 4.09. The molecule has 0 aromatic rings. The van der Waals surface area contributed by atoms with E-state index >= 15 is 0 Å². The number of nitrogens with zero attached hydrogens (tertiary/aromatic N) is 1. The first-order valence-corrected chi connectivity index (χ1v) is 4.81. The van der Waals surface area contributed by atoms with Crippen molar-refractivity contribution in [3.8, 4) is 0 Å². The van der Waals surface area contributed by atoms with Crippen molar-refractivity contribution in [2.24, 2.45) is 5.92 Å². The number of alkyl halides is 3. The standard InChI is InChI=1S/C10H20F3N/c1-7(2)9(4,5)14(6)8(3)10(11,12)13/h7-8H,1-6H3/t8-/m0/s1. The van der Waals surface area contributed by atoms with Crippen LogP contribution in [0.4, 0.5) is 13.2 Å². The first-order chi connectivity index (χ1) is 6.01. The predicted octanol–water partition coefficient (Wildman–Crippen LogP) is 3.30. The van der Waals surface area contributed by atoms with Crippen molar-refractivity contribution in [3.63, 3.8) is 0 Å². The molecule has 1 nitrogen and oxygen atoms in total. The van der Waals surface area contributed by atoms with Crippen molar-refractivity contribution >= 4 is 0 Å². The molecule has 0 N–H and O–H groups in total. The van der Waals surface area contributed by atoms with Crippen molar-refractivity contribution in [1.29, 1.82) is 0 Å². The largest absolute Gasteiger partial charge is 0.403 e. The summed E-state index contributed by atoms with van der Waals surface area (Å²) < 4.78 is 37.4. The van der Waals surface area contributed by atoms with Gasteiger partial charge in [-0.1, -0.05) is 13.8 Å². The highest BCUT2D eigenvalue weighted by molar-refractivity contribution is 4.87. The average Bonchev–Trinajstić information content (AvgIpc) is 1.99. The first-order valence-electron chi connectivity index (χ1n) is 4.81. The molecule has 0 heterocycles. The predicted molar refractivity (Wildman–Crippen MR) is 52.2 cm³/mol. The highest BCUT2D eigenvalue weighted by Crippen LogP contribution is 2.31. The van der Waals surface area contributed by atoms with Gasteiger partial charge in [0.2, 0.25) is 0 Å². The Bertz CT molecular complexity index is 184. The summed E-state index contributed by atoms with van der Waals surface area (Å²) in [5.74, 6) is 0.178. The summed E-state index contributed by atoms with van der Waals surface area (Å²) in [6.07, 6.45) is -4.15. The number of hydrogen-bond acceptors (Lipinski definition) is 1. The van der Waals surface area contributed by atoms with Crippen molar-refractivity contribution in [2.75, 3.05) is 7.05 Å². The fraction of sp³-hybridized carbons (Fsp3) is 1.00. The van der Waals surface area contributed by atoms with E-state index in [0.717, 1.165) is 0 Å². The minimum absolute atomic E-state index is 0.178. The Morgan fingerprint density at radius 1 is 1.00 bits per heavy atom. The van der Waals surface area contributed by atoms with E-state index in [-0.39, 0.29) is 5.92 Å². The van der Waals surface area contributed by atoms with Gasteiger partial charge in [0.25, 0.3) is 0 Å². The second-order valence-electron chi connectivity index (χ2n) is 4.64. The summed E-state index contributed by atoms with van der Waals surface area (Å²) in [7, 11) is 1.53. The Hall–Kier alpha value is -0.250. The third-order valence-corrected chi connectivity index (χ3v) is 3.38. The van der Waals surface area contributed by atoms with Gasteiger partial charge in [0, 0.05) is 5.54 Å². The molecule has 0 aromatic heterocycles. The average molecular weight is 211 g/mol. The smallest absolute Gasteiger partial charge is 0.290 e. The van der Waals surface area contributed by atoms with Crippen LogP contribution < -0.4 is 0 Å². The van der Waals surface area contributed by atoms with Gasteiger partial charge < -0.3 is 0 Å². The molecule has 0 radical (unpaired) electrons. The molecule has 0 aliphatic carbocycles. The molecule has 0 fully saturated rings. The second-order valence-corrected chi connectivity index (χ2v) is 4.64. The molecule has 0 aliphatic heterocycles. The van der Waals surface area contributed by atoms with Gasteiger partial charge in [-0.15, -0.1) is 0 Å². The van der Waals surface area contributed by atoms with Crippen LogP contribution in [0, 0.1) is 5.92 Å². The maximum Gasteiger partial charge on any atom is 0.403 e. The third kappa shape index (κ3) is 2.87. The Morgan fingerprint density at radius 3 is 1.57 bits per heavy atom. The van der Waals surface area contributed by atoms with E-state index in [1.165, 1.54) is 18.9 Å². The summed E-state index contributed by atoms with van der Waals surface area (Å²) in [5, 5.41) is 0. The van der Waals surface area contributed by atoms with Gasteiger partial charge in [-0.05, 0) is 33.7 Å². The number of rotatable bonds is 3. The van der Waals surface area contributed by atoms with Crippen LogP contribution in [-0.4, -0.2) is 29.7 Å². The van der Waals surface area contributed by atoms with Crippen molar-refractivity contribution in [2.45, 2.75) is 52.4 Å². The van der Waals surface area contributed by atoms with E-state index < -0.39 is 17.8 Å². The van der Waals surface area contributed by atoms with E-state index in [9.17, 15) is 13.2 Å². The maximum absolute atomic E-state index is 12.5. The van der Waals surface area contributed by atoms with Crippen LogP contribution in [0.1, 0.15) is 34.6 Å². The zero-order valence-electron chi connectivity index (χ0n) is 9.74. The van der Waals surface area contributed by atoms with Gasteiger partial charge in [0.1, 0.15) is 6.04 Å². The summed E-state index contributed by atoms with van der Waals surface area (Å²) in [6.45, 7) is 8.73. The molecule has 0 amide bonds. The van der Waals surface area contributed by atoms with Crippen LogP contribution >= 0.6 is 0 Å². The summed E-state index contributed by atoms with van der Waals surface area (Å²) in [5.41, 5.74) is -0.449. The molecule has 0 spiro atoms. The molecule has 0 saturated carbocycles. The SMILES string of the molecule is CC(C)C(C)(C)N(C)[C@@H](C)C(F)(F)F. The molecule has 86 valence electrons. The number of hydrogen-bond donors (Lipinski definition) is 0. The molecule has 0 saturated heterocycles. The molecular formula is C10H20F3N. The van der Waals surface area contributed by atoms with Crippen LogP contribution in [0.15, 0.2) is 0 Å². The molecule has 0 rings (SSSR count). The highest BCUT2D eigenvalue weighted by Gasteiger charge is 2.43. The highest BCUT2D eigenvalue weighted by atomic mass is 19.4. The quantitative estimate of drug-likeness (QED) is 0.692. The molecule has 0 aromatic carbocycles. The summed E-state index contributed by atoms with van der Waals surface area (Å²) >= 11 is 0. The van der Waals surface area contributed by atoms with Crippen molar-refractivity contribution < 1.29 is 13.2 Å². The zero-order valence-corrected chi connectivity index (χ0v) is 9.74. The van der Waals surface area contributed by atoms with Crippen LogP contribution in [0.5, 0.6) is 0 Å². The van der Waals surface area contributed by atoms with Crippen molar-refractivity contribution in [1.82, 2.24) is 4.90 Å². The minimum Gasteiger partial charge on any atom is -0.290 e. The van der Waals surface area contributed by atoms with Crippen LogP contribution in [0.2, 0.25) is 0 Å².